The van der Waals surface area contributed by atoms with Gasteiger partial charge in [-0.05, 0) is 36.2 Å². The zero-order chi connectivity index (χ0) is 11.9. The number of nitrogens with zero attached hydrogens (tertiary/aromatic N) is 2. The summed E-state index contributed by atoms with van der Waals surface area (Å²) in [4.78, 5) is 2.20. The van der Waals surface area contributed by atoms with Crippen LogP contribution in [0.1, 0.15) is 17.2 Å². The van der Waals surface area contributed by atoms with Crippen LogP contribution in [0, 0.1) is 0 Å². The van der Waals surface area contributed by atoms with Crippen molar-refractivity contribution < 1.29 is 0 Å². The van der Waals surface area contributed by atoms with Gasteiger partial charge in [-0.25, -0.2) is 0 Å². The summed E-state index contributed by atoms with van der Waals surface area (Å²) in [5, 5.41) is 0. The minimum atomic E-state index is 0. The third kappa shape index (κ3) is 1.91. The molecule has 3 heterocycles. The summed E-state index contributed by atoms with van der Waals surface area (Å²) < 4.78 is 2.14. The highest BCUT2D eigenvalue weighted by Crippen LogP contribution is 2.36. The van der Waals surface area contributed by atoms with Gasteiger partial charge in [-0.15, -0.1) is 12.4 Å². The van der Waals surface area contributed by atoms with Crippen LogP contribution in [0.5, 0.6) is 0 Å². The van der Waals surface area contributed by atoms with Crippen molar-refractivity contribution in [3.63, 3.8) is 0 Å². The summed E-state index contributed by atoms with van der Waals surface area (Å²) in [5.74, 6) is 0.367. The molecule has 0 spiro atoms. The van der Waals surface area contributed by atoms with Crippen LogP contribution in [0.25, 0.3) is 6.08 Å². The van der Waals surface area contributed by atoms with Crippen LogP contribution in [0.4, 0.5) is 0 Å². The first-order chi connectivity index (χ1) is 8.92. The molecule has 0 bridgehead atoms. The molecule has 0 fully saturated rings. The third-order valence-electron chi connectivity index (χ3n) is 3.57. The number of hydrogen-bond acceptors (Lipinski definition) is 1. The minimum absolute atomic E-state index is 0. The van der Waals surface area contributed by atoms with E-state index in [9.17, 15) is 0 Å². The lowest BCUT2D eigenvalue weighted by Gasteiger charge is -2.26. The molecule has 1 aromatic carbocycles. The lowest BCUT2D eigenvalue weighted by atomic mass is 9.92. The van der Waals surface area contributed by atoms with Gasteiger partial charge in [-0.1, -0.05) is 36.4 Å². The first-order valence-corrected chi connectivity index (χ1v) is 6.17. The molecule has 0 saturated carbocycles. The molecule has 1 atom stereocenters. The lowest BCUT2D eigenvalue weighted by Crippen LogP contribution is -2.30. The molecule has 0 saturated heterocycles. The van der Waals surface area contributed by atoms with E-state index in [-0.39, 0.29) is 12.4 Å². The number of benzene rings is 1. The highest BCUT2D eigenvalue weighted by molar-refractivity contribution is 6.33. The Bertz CT molecular complexity index is 645. The molecule has 2 aliphatic heterocycles. The monoisotopic (exact) mass is 267 g/mol. The molecule has 1 unspecified atom stereocenters. The van der Waals surface area contributed by atoms with Gasteiger partial charge in [0.15, 0.2) is 0 Å². The Morgan fingerprint density at radius 1 is 1.00 bits per heavy atom. The van der Waals surface area contributed by atoms with E-state index >= 15 is 0 Å². The number of rotatable bonds is 1. The van der Waals surface area contributed by atoms with E-state index in [4.69, 9.17) is 0 Å². The predicted octanol–water partition coefficient (Wildman–Crippen LogP) is 3.26. The highest BCUT2D eigenvalue weighted by atomic mass is 35.5. The molecule has 19 heavy (non-hydrogen) atoms. The van der Waals surface area contributed by atoms with Gasteiger partial charge in [0, 0.05) is 17.3 Å². The fourth-order valence-corrected chi connectivity index (χ4v) is 2.66. The quantitative estimate of drug-likeness (QED) is 0.720. The van der Waals surface area contributed by atoms with Gasteiger partial charge >= 0.3 is 7.55 Å². The van der Waals surface area contributed by atoms with Gasteiger partial charge < -0.3 is 9.29 Å². The Kier molecular flexibility index (Phi) is 2.99. The van der Waals surface area contributed by atoms with Crippen molar-refractivity contribution in [1.82, 2.24) is 9.29 Å². The van der Waals surface area contributed by atoms with Crippen molar-refractivity contribution in [1.29, 1.82) is 0 Å². The molecular weight excluding hydrogens is 254 g/mol. The Labute approximate surface area is 119 Å². The maximum absolute atomic E-state index is 2.26. The van der Waals surface area contributed by atoms with Crippen molar-refractivity contribution in [2.45, 2.75) is 5.92 Å². The maximum Gasteiger partial charge on any atom is 0.400 e. The maximum atomic E-state index is 2.26. The molecule has 2 aliphatic rings. The van der Waals surface area contributed by atoms with Gasteiger partial charge in [0.2, 0.25) is 0 Å². The molecule has 1 aromatic heterocycles. The number of hydrogen-bond donors (Lipinski definition) is 0. The second-order valence-corrected chi connectivity index (χ2v) is 4.66. The minimum Gasteiger partial charge on any atom is -0.378 e. The Morgan fingerprint density at radius 3 is 2.68 bits per heavy atom. The number of aromatic nitrogens is 1. The van der Waals surface area contributed by atoms with Crippen molar-refractivity contribution >= 4 is 26.0 Å². The van der Waals surface area contributed by atoms with Crippen molar-refractivity contribution in [3.8, 4) is 0 Å². The van der Waals surface area contributed by atoms with Crippen LogP contribution in [0.3, 0.4) is 0 Å². The van der Waals surface area contributed by atoms with E-state index in [1.54, 1.807) is 0 Å². The van der Waals surface area contributed by atoms with E-state index in [2.05, 4.69) is 83.9 Å². The zero-order valence-electron chi connectivity index (χ0n) is 10.3. The third-order valence-corrected chi connectivity index (χ3v) is 3.57. The predicted molar refractivity (Wildman–Crippen MR) is 81.0 cm³/mol. The fourth-order valence-electron chi connectivity index (χ4n) is 2.66. The topological polar surface area (TPSA) is 8.17 Å². The average Bonchev–Trinajstić information content (AvgIpc) is 3.02. The summed E-state index contributed by atoms with van der Waals surface area (Å²) in [7, 11) is 2.13. The number of halogens is 1. The van der Waals surface area contributed by atoms with Gasteiger partial charge in [-0.3, -0.25) is 0 Å². The zero-order valence-corrected chi connectivity index (χ0v) is 11.1. The van der Waals surface area contributed by atoms with Crippen LogP contribution in [0.2, 0.25) is 0 Å². The van der Waals surface area contributed by atoms with Crippen LogP contribution in [-0.2, 0) is 0 Å². The van der Waals surface area contributed by atoms with E-state index < -0.39 is 0 Å². The molecule has 4 heteroatoms. The molecule has 2 aromatic rings. The summed E-state index contributed by atoms with van der Waals surface area (Å²) in [5.41, 5.74) is 3.91. The first kappa shape index (κ1) is 12.2. The van der Waals surface area contributed by atoms with Crippen molar-refractivity contribution in [2.24, 2.45) is 0 Å². The molecular formula is C15H13BClN2. The van der Waals surface area contributed by atoms with Crippen LogP contribution in [-0.4, -0.2) is 16.8 Å². The second-order valence-electron chi connectivity index (χ2n) is 4.66. The summed E-state index contributed by atoms with van der Waals surface area (Å²) in [6, 6.07) is 14.9. The van der Waals surface area contributed by atoms with Gasteiger partial charge in [-0.2, -0.15) is 0 Å². The normalized spacial score (nSPS) is 19.1. The molecule has 0 aliphatic carbocycles. The smallest absolute Gasteiger partial charge is 0.378 e. The van der Waals surface area contributed by atoms with E-state index in [1.165, 1.54) is 17.0 Å². The number of fused-ring (bicyclic) bond motifs is 2. The highest BCUT2D eigenvalue weighted by Gasteiger charge is 2.28. The number of allylic oxidation sites excluding steroid dienone is 1. The van der Waals surface area contributed by atoms with Crippen LogP contribution in [0.15, 0.2) is 66.6 Å². The molecule has 1 radical (unpaired) electrons. The fraction of sp³-hybridized carbons (Fsp3) is 0.0667. The van der Waals surface area contributed by atoms with Gasteiger partial charge in [0.25, 0.3) is 0 Å². The Balaban J connectivity index is 0.00000110. The molecule has 2 nitrogen and oxygen atoms in total. The first-order valence-electron chi connectivity index (χ1n) is 6.17. The van der Waals surface area contributed by atoms with Crippen LogP contribution >= 0.6 is 12.4 Å². The lowest BCUT2D eigenvalue weighted by molar-refractivity contribution is 0.699. The molecule has 4 rings (SSSR count). The molecule has 0 N–H and O–H groups in total. The molecule has 0 amide bonds. The summed E-state index contributed by atoms with van der Waals surface area (Å²) >= 11 is 0. The largest absolute Gasteiger partial charge is 0.400 e. The van der Waals surface area contributed by atoms with Crippen molar-refractivity contribution in [3.05, 3.63) is 77.9 Å². The average molecular weight is 268 g/mol. The van der Waals surface area contributed by atoms with Crippen LogP contribution < -0.4 is 0 Å². The van der Waals surface area contributed by atoms with Gasteiger partial charge in [0.05, 0.1) is 0 Å². The SMILES string of the molecule is Cl.[B]1N2C=CC(c3ccccc3)C2=Cc2cccn21. The van der Waals surface area contributed by atoms with E-state index in [0.717, 1.165) is 0 Å². The van der Waals surface area contributed by atoms with Crippen molar-refractivity contribution in [2.75, 3.05) is 0 Å². The standard InChI is InChI=1S/C15H12BN2.ClH/c1-2-5-12(6-3-1)14-8-10-18-15(14)11-13-7-4-9-17(13)16-18;/h1-11,14H;1H. The molecule has 93 valence electrons. The van der Waals surface area contributed by atoms with E-state index in [0.29, 0.717) is 5.92 Å². The van der Waals surface area contributed by atoms with E-state index in [1.807, 2.05) is 0 Å². The van der Waals surface area contributed by atoms with Gasteiger partial charge in [0.1, 0.15) is 0 Å². The Hall–Kier alpha value is -1.87. The summed E-state index contributed by atoms with van der Waals surface area (Å²) in [6.45, 7) is 0. The Morgan fingerprint density at radius 2 is 1.84 bits per heavy atom. The second kappa shape index (κ2) is 4.67. The summed E-state index contributed by atoms with van der Waals surface area (Å²) in [6.07, 6.45) is 8.74.